The maximum Gasteiger partial charge on any atom is 0.0398 e. The second-order valence-electron chi connectivity index (χ2n) is 3.55. The first-order chi connectivity index (χ1) is 7.36. The third kappa shape index (κ3) is 3.18. The van der Waals surface area contributed by atoms with Crippen molar-refractivity contribution >= 4 is 27.3 Å². The van der Waals surface area contributed by atoms with Crippen molar-refractivity contribution in [2.24, 2.45) is 0 Å². The van der Waals surface area contributed by atoms with Gasteiger partial charge in [0.2, 0.25) is 0 Å². The van der Waals surface area contributed by atoms with Crippen LogP contribution in [0.15, 0.2) is 47.2 Å². The minimum atomic E-state index is 0.471. The molecule has 1 aromatic heterocycles. The van der Waals surface area contributed by atoms with Gasteiger partial charge >= 0.3 is 0 Å². The number of halogens is 1. The molecule has 2 aromatic rings. The van der Waals surface area contributed by atoms with E-state index in [1.165, 1.54) is 11.1 Å². The zero-order chi connectivity index (χ0) is 10.5. The predicted molar refractivity (Wildman–Crippen MR) is 70.8 cm³/mol. The first-order valence-corrected chi connectivity index (χ1v) is 6.92. The molecule has 0 bridgehead atoms. The third-order valence-corrected chi connectivity index (χ3v) is 4.15. The summed E-state index contributed by atoms with van der Waals surface area (Å²) in [7, 11) is 0. The fourth-order valence-corrected chi connectivity index (χ4v) is 2.79. The molecule has 0 aliphatic rings. The van der Waals surface area contributed by atoms with Gasteiger partial charge in [0, 0.05) is 4.83 Å². The molecule has 2 heteroatoms. The second-order valence-corrected chi connectivity index (χ2v) is 5.43. The van der Waals surface area contributed by atoms with Crippen LogP contribution in [-0.2, 0) is 6.42 Å². The van der Waals surface area contributed by atoms with Crippen LogP contribution in [0.4, 0.5) is 0 Å². The lowest BCUT2D eigenvalue weighted by molar-refractivity contribution is 0.816. The summed E-state index contributed by atoms with van der Waals surface area (Å²) in [6, 6.07) is 12.8. The monoisotopic (exact) mass is 280 g/mol. The summed E-state index contributed by atoms with van der Waals surface area (Å²) in [5.74, 6) is 0. The fraction of sp³-hybridized carbons (Fsp3) is 0.231. The van der Waals surface area contributed by atoms with Gasteiger partial charge in [-0.05, 0) is 40.8 Å². The van der Waals surface area contributed by atoms with Gasteiger partial charge in [0.1, 0.15) is 0 Å². The summed E-state index contributed by atoms with van der Waals surface area (Å²) in [5.41, 5.74) is 2.81. The molecular weight excluding hydrogens is 268 g/mol. The quantitative estimate of drug-likeness (QED) is 0.705. The fourth-order valence-electron chi connectivity index (χ4n) is 1.56. The molecule has 0 saturated heterocycles. The Morgan fingerprint density at radius 1 is 1.13 bits per heavy atom. The van der Waals surface area contributed by atoms with Crippen molar-refractivity contribution in [1.29, 1.82) is 0 Å². The average Bonchev–Trinajstić information content (AvgIpc) is 2.80. The number of hydrogen-bond acceptors (Lipinski definition) is 1. The van der Waals surface area contributed by atoms with Gasteiger partial charge in [0.05, 0.1) is 0 Å². The average molecular weight is 281 g/mol. The normalized spacial score (nSPS) is 12.6. The largest absolute Gasteiger partial charge is 0.152 e. The number of thiophene rings is 1. The Morgan fingerprint density at radius 3 is 2.60 bits per heavy atom. The molecular formula is C13H13BrS. The van der Waals surface area contributed by atoms with E-state index in [1.54, 1.807) is 11.3 Å². The standard InChI is InChI=1S/C13H13BrS/c14-13(12-4-2-1-3-5-12)7-6-11-8-9-15-10-11/h1-5,8-10,13H,6-7H2. The molecule has 0 N–H and O–H groups in total. The van der Waals surface area contributed by atoms with E-state index in [1.807, 2.05) is 0 Å². The summed E-state index contributed by atoms with van der Waals surface area (Å²) < 4.78 is 0. The highest BCUT2D eigenvalue weighted by Crippen LogP contribution is 2.27. The molecule has 78 valence electrons. The van der Waals surface area contributed by atoms with Crippen molar-refractivity contribution in [2.75, 3.05) is 0 Å². The number of benzene rings is 1. The Kier molecular flexibility index (Phi) is 3.98. The zero-order valence-electron chi connectivity index (χ0n) is 8.40. The molecule has 1 heterocycles. The molecule has 0 aliphatic carbocycles. The Bertz CT molecular complexity index is 380. The molecule has 15 heavy (non-hydrogen) atoms. The SMILES string of the molecule is BrC(CCc1ccsc1)c1ccccc1. The van der Waals surface area contributed by atoms with E-state index in [-0.39, 0.29) is 0 Å². The van der Waals surface area contributed by atoms with Gasteiger partial charge in [-0.3, -0.25) is 0 Å². The Labute approximate surface area is 103 Å². The molecule has 0 nitrogen and oxygen atoms in total. The van der Waals surface area contributed by atoms with E-state index in [9.17, 15) is 0 Å². The van der Waals surface area contributed by atoms with E-state index < -0.39 is 0 Å². The van der Waals surface area contributed by atoms with Crippen molar-refractivity contribution < 1.29 is 0 Å². The van der Waals surface area contributed by atoms with Crippen LogP contribution < -0.4 is 0 Å². The molecule has 0 saturated carbocycles. The smallest absolute Gasteiger partial charge is 0.0398 e. The summed E-state index contributed by atoms with van der Waals surface area (Å²) in [5, 5.41) is 4.37. The maximum atomic E-state index is 3.74. The lowest BCUT2D eigenvalue weighted by Gasteiger charge is -2.08. The lowest BCUT2D eigenvalue weighted by atomic mass is 10.1. The molecule has 0 radical (unpaired) electrons. The van der Waals surface area contributed by atoms with E-state index in [0.29, 0.717) is 4.83 Å². The Balaban J connectivity index is 1.90. The molecule has 1 unspecified atom stereocenters. The second kappa shape index (κ2) is 5.47. The van der Waals surface area contributed by atoms with E-state index in [0.717, 1.165) is 12.8 Å². The summed E-state index contributed by atoms with van der Waals surface area (Å²) >= 11 is 5.51. The first kappa shape index (κ1) is 10.9. The number of rotatable bonds is 4. The van der Waals surface area contributed by atoms with Crippen LogP contribution >= 0.6 is 27.3 Å². The van der Waals surface area contributed by atoms with Crippen molar-refractivity contribution in [3.63, 3.8) is 0 Å². The molecule has 0 fully saturated rings. The minimum absolute atomic E-state index is 0.471. The minimum Gasteiger partial charge on any atom is -0.152 e. The molecule has 1 atom stereocenters. The molecule has 1 aromatic carbocycles. The Morgan fingerprint density at radius 2 is 1.93 bits per heavy atom. The van der Waals surface area contributed by atoms with E-state index >= 15 is 0 Å². The van der Waals surface area contributed by atoms with Gasteiger partial charge in [-0.2, -0.15) is 11.3 Å². The molecule has 0 spiro atoms. The number of alkyl halides is 1. The van der Waals surface area contributed by atoms with Crippen LogP contribution in [0.1, 0.15) is 22.4 Å². The van der Waals surface area contributed by atoms with Crippen LogP contribution in [0.3, 0.4) is 0 Å². The van der Waals surface area contributed by atoms with Gasteiger partial charge in [-0.15, -0.1) is 0 Å². The zero-order valence-corrected chi connectivity index (χ0v) is 10.8. The topological polar surface area (TPSA) is 0 Å². The molecule has 0 aliphatic heterocycles. The van der Waals surface area contributed by atoms with Crippen molar-refractivity contribution in [1.82, 2.24) is 0 Å². The highest BCUT2D eigenvalue weighted by Gasteiger charge is 2.06. The van der Waals surface area contributed by atoms with E-state index in [4.69, 9.17) is 0 Å². The Hall–Kier alpha value is -0.600. The van der Waals surface area contributed by atoms with Crippen LogP contribution in [0.2, 0.25) is 0 Å². The summed E-state index contributed by atoms with van der Waals surface area (Å²) in [6.45, 7) is 0. The van der Waals surface area contributed by atoms with Gasteiger partial charge in [0.15, 0.2) is 0 Å². The number of hydrogen-bond donors (Lipinski definition) is 0. The van der Waals surface area contributed by atoms with Gasteiger partial charge in [-0.25, -0.2) is 0 Å². The van der Waals surface area contributed by atoms with Crippen LogP contribution in [0.5, 0.6) is 0 Å². The van der Waals surface area contributed by atoms with Crippen molar-refractivity contribution in [3.8, 4) is 0 Å². The number of aryl methyl sites for hydroxylation is 1. The summed E-state index contributed by atoms with van der Waals surface area (Å²) in [4.78, 5) is 0.471. The lowest BCUT2D eigenvalue weighted by Crippen LogP contribution is -1.92. The summed E-state index contributed by atoms with van der Waals surface area (Å²) in [6.07, 6.45) is 2.30. The van der Waals surface area contributed by atoms with Gasteiger partial charge < -0.3 is 0 Å². The van der Waals surface area contributed by atoms with Crippen LogP contribution in [0.25, 0.3) is 0 Å². The van der Waals surface area contributed by atoms with Crippen molar-refractivity contribution in [2.45, 2.75) is 17.7 Å². The highest BCUT2D eigenvalue weighted by atomic mass is 79.9. The highest BCUT2D eigenvalue weighted by molar-refractivity contribution is 9.09. The van der Waals surface area contributed by atoms with Gasteiger partial charge in [0.25, 0.3) is 0 Å². The molecule has 0 amide bonds. The first-order valence-electron chi connectivity index (χ1n) is 5.06. The van der Waals surface area contributed by atoms with Crippen molar-refractivity contribution in [3.05, 3.63) is 58.3 Å². The van der Waals surface area contributed by atoms with Crippen LogP contribution in [0, 0.1) is 0 Å². The maximum absolute atomic E-state index is 3.74. The van der Waals surface area contributed by atoms with Gasteiger partial charge in [-0.1, -0.05) is 46.3 Å². The third-order valence-electron chi connectivity index (χ3n) is 2.43. The van der Waals surface area contributed by atoms with Crippen LogP contribution in [-0.4, -0.2) is 0 Å². The molecule has 2 rings (SSSR count). The predicted octanol–water partition coefficient (Wildman–Crippen LogP) is 4.82. The van der Waals surface area contributed by atoms with E-state index in [2.05, 4.69) is 63.1 Å².